The van der Waals surface area contributed by atoms with Crippen LogP contribution in [-0.4, -0.2) is 37.2 Å². The topological polar surface area (TPSA) is 78.9 Å². The van der Waals surface area contributed by atoms with Crippen LogP contribution in [0.2, 0.25) is 0 Å². The van der Waals surface area contributed by atoms with Crippen molar-refractivity contribution in [2.45, 2.75) is 277 Å². The summed E-state index contributed by atoms with van der Waals surface area (Å²) in [6.45, 7) is 6.58. The van der Waals surface area contributed by atoms with Crippen molar-refractivity contribution in [2.75, 3.05) is 13.2 Å². The quantitative estimate of drug-likeness (QED) is 0.0264. The first-order chi connectivity index (χ1) is 27.5. The molecular formula is C50H94O6. The van der Waals surface area contributed by atoms with E-state index in [1.807, 2.05) is 0 Å². The fourth-order valence-corrected chi connectivity index (χ4v) is 7.25. The Morgan fingerprint density at radius 2 is 0.607 bits per heavy atom. The van der Waals surface area contributed by atoms with Crippen molar-refractivity contribution in [1.82, 2.24) is 0 Å². The number of hydrogen-bond donors (Lipinski definition) is 0. The minimum atomic E-state index is -0.765. The predicted molar refractivity (Wildman–Crippen MR) is 238 cm³/mol. The Bertz CT molecular complexity index is 870. The number of unbranched alkanes of at least 4 members (excludes halogenated alkanes) is 32. The van der Waals surface area contributed by atoms with Crippen LogP contribution >= 0.6 is 0 Å². The van der Waals surface area contributed by atoms with E-state index in [2.05, 4.69) is 32.9 Å². The Balaban J connectivity index is 4.14. The van der Waals surface area contributed by atoms with Gasteiger partial charge in [-0.05, 0) is 38.5 Å². The maximum Gasteiger partial charge on any atom is 0.306 e. The van der Waals surface area contributed by atoms with E-state index >= 15 is 0 Å². The SMILES string of the molecule is CCCC/C=C\CCCCCCCC(=O)OC(COC(=O)CCCCCCCCC)COC(=O)CCCCCCCCCCCCCCCCCCCCCC. The maximum absolute atomic E-state index is 12.7. The number of hydrogen-bond acceptors (Lipinski definition) is 6. The number of carbonyl (C=O) groups is 3. The molecule has 0 amide bonds. The third-order valence-corrected chi connectivity index (χ3v) is 11.0. The molecule has 0 aromatic rings. The molecule has 0 rings (SSSR count). The van der Waals surface area contributed by atoms with Crippen molar-refractivity contribution in [3.63, 3.8) is 0 Å². The molecule has 0 N–H and O–H groups in total. The molecule has 0 aliphatic heterocycles. The standard InChI is InChI=1S/C50H94O6/c1-4-7-10-13-16-18-20-21-22-23-24-25-26-27-28-30-31-34-37-40-43-49(52)55-46-47(45-54-48(51)42-39-36-33-15-12-9-6-3)56-50(53)44-41-38-35-32-29-19-17-14-11-8-5-2/h14,17,47H,4-13,15-16,18-46H2,1-3H3/b17-14-. The fourth-order valence-electron chi connectivity index (χ4n) is 7.25. The molecule has 0 aromatic heterocycles. The molecule has 0 saturated heterocycles. The molecule has 1 unspecified atom stereocenters. The van der Waals surface area contributed by atoms with Crippen LogP contribution in [0.5, 0.6) is 0 Å². The average Bonchev–Trinajstić information content (AvgIpc) is 3.19. The van der Waals surface area contributed by atoms with Gasteiger partial charge in [0.05, 0.1) is 0 Å². The summed E-state index contributed by atoms with van der Waals surface area (Å²) in [5, 5.41) is 0. The third-order valence-electron chi connectivity index (χ3n) is 11.0. The van der Waals surface area contributed by atoms with Gasteiger partial charge in [-0.2, -0.15) is 0 Å². The number of rotatable bonds is 45. The lowest BCUT2D eigenvalue weighted by atomic mass is 10.0. The summed E-state index contributed by atoms with van der Waals surface area (Å²) >= 11 is 0. The molecule has 0 bridgehead atoms. The average molecular weight is 791 g/mol. The Kier molecular flexibility index (Phi) is 44.3. The first kappa shape index (κ1) is 54.2. The van der Waals surface area contributed by atoms with E-state index in [0.29, 0.717) is 19.3 Å². The highest BCUT2D eigenvalue weighted by Gasteiger charge is 2.19. The summed E-state index contributed by atoms with van der Waals surface area (Å²) < 4.78 is 16.7. The zero-order valence-electron chi connectivity index (χ0n) is 37.7. The molecule has 0 spiro atoms. The monoisotopic (exact) mass is 791 g/mol. The summed E-state index contributed by atoms with van der Waals surface area (Å²) in [5.41, 5.74) is 0. The second kappa shape index (κ2) is 45.8. The highest BCUT2D eigenvalue weighted by molar-refractivity contribution is 5.71. The lowest BCUT2D eigenvalue weighted by Gasteiger charge is -2.18. The first-order valence-electron chi connectivity index (χ1n) is 24.7. The zero-order valence-corrected chi connectivity index (χ0v) is 37.7. The Morgan fingerprint density at radius 3 is 0.946 bits per heavy atom. The van der Waals surface area contributed by atoms with E-state index in [1.54, 1.807) is 0 Å². The van der Waals surface area contributed by atoms with Crippen molar-refractivity contribution < 1.29 is 28.6 Å². The van der Waals surface area contributed by atoms with Crippen LogP contribution < -0.4 is 0 Å². The van der Waals surface area contributed by atoms with Gasteiger partial charge in [0.15, 0.2) is 6.10 Å². The molecule has 0 fully saturated rings. The van der Waals surface area contributed by atoms with Gasteiger partial charge < -0.3 is 14.2 Å². The van der Waals surface area contributed by atoms with E-state index < -0.39 is 6.10 Å². The highest BCUT2D eigenvalue weighted by Crippen LogP contribution is 2.16. The van der Waals surface area contributed by atoms with Gasteiger partial charge in [-0.25, -0.2) is 0 Å². The predicted octanol–water partition coefficient (Wildman–Crippen LogP) is 15.8. The fraction of sp³-hybridized carbons (Fsp3) is 0.900. The minimum absolute atomic E-state index is 0.0692. The van der Waals surface area contributed by atoms with Crippen LogP contribution in [0, 0.1) is 0 Å². The van der Waals surface area contributed by atoms with E-state index in [9.17, 15) is 14.4 Å². The second-order valence-corrected chi connectivity index (χ2v) is 16.7. The summed E-state index contributed by atoms with van der Waals surface area (Å²) in [5.74, 6) is -0.874. The van der Waals surface area contributed by atoms with Crippen LogP contribution in [0.25, 0.3) is 0 Å². The van der Waals surface area contributed by atoms with Crippen LogP contribution in [0.3, 0.4) is 0 Å². The van der Waals surface area contributed by atoms with Crippen LogP contribution in [0.1, 0.15) is 271 Å². The molecule has 6 nitrogen and oxygen atoms in total. The molecule has 0 aliphatic carbocycles. The number of ether oxygens (including phenoxy) is 3. The largest absolute Gasteiger partial charge is 0.462 e. The van der Waals surface area contributed by atoms with Gasteiger partial charge >= 0.3 is 17.9 Å². The summed E-state index contributed by atoms with van der Waals surface area (Å²) in [7, 11) is 0. The zero-order chi connectivity index (χ0) is 40.8. The molecule has 330 valence electrons. The lowest BCUT2D eigenvalue weighted by molar-refractivity contribution is -0.167. The van der Waals surface area contributed by atoms with E-state index in [-0.39, 0.29) is 31.1 Å². The normalized spacial score (nSPS) is 12.0. The molecule has 6 heteroatoms. The first-order valence-corrected chi connectivity index (χ1v) is 24.7. The number of esters is 3. The number of allylic oxidation sites excluding steroid dienone is 2. The van der Waals surface area contributed by atoms with Gasteiger partial charge in [-0.1, -0.05) is 226 Å². The summed E-state index contributed by atoms with van der Waals surface area (Å²) in [6.07, 6.45) is 49.3. The Hall–Kier alpha value is -1.85. The van der Waals surface area contributed by atoms with E-state index in [4.69, 9.17) is 14.2 Å². The van der Waals surface area contributed by atoms with Crippen LogP contribution in [0.15, 0.2) is 12.2 Å². The smallest absolute Gasteiger partial charge is 0.306 e. The van der Waals surface area contributed by atoms with Crippen LogP contribution in [-0.2, 0) is 28.6 Å². The molecule has 0 radical (unpaired) electrons. The summed E-state index contributed by atoms with van der Waals surface area (Å²) in [6, 6.07) is 0. The Morgan fingerprint density at radius 1 is 0.339 bits per heavy atom. The number of carbonyl (C=O) groups excluding carboxylic acids is 3. The van der Waals surface area contributed by atoms with Crippen molar-refractivity contribution in [3.8, 4) is 0 Å². The van der Waals surface area contributed by atoms with Gasteiger partial charge in [0.1, 0.15) is 13.2 Å². The molecule has 0 heterocycles. The van der Waals surface area contributed by atoms with Crippen molar-refractivity contribution in [1.29, 1.82) is 0 Å². The molecule has 1 atom stereocenters. The summed E-state index contributed by atoms with van der Waals surface area (Å²) in [4.78, 5) is 37.6. The van der Waals surface area contributed by atoms with Gasteiger partial charge in [0.25, 0.3) is 0 Å². The van der Waals surface area contributed by atoms with Crippen molar-refractivity contribution in [3.05, 3.63) is 12.2 Å². The maximum atomic E-state index is 12.7. The van der Waals surface area contributed by atoms with Crippen molar-refractivity contribution in [2.24, 2.45) is 0 Å². The second-order valence-electron chi connectivity index (χ2n) is 16.7. The molecule has 56 heavy (non-hydrogen) atoms. The van der Waals surface area contributed by atoms with Gasteiger partial charge in [-0.15, -0.1) is 0 Å². The van der Waals surface area contributed by atoms with Gasteiger partial charge in [0, 0.05) is 19.3 Å². The highest BCUT2D eigenvalue weighted by atomic mass is 16.6. The third kappa shape index (κ3) is 43.3. The van der Waals surface area contributed by atoms with Crippen molar-refractivity contribution >= 4 is 17.9 Å². The van der Waals surface area contributed by atoms with Crippen LogP contribution in [0.4, 0.5) is 0 Å². The van der Waals surface area contributed by atoms with E-state index in [0.717, 1.165) is 64.2 Å². The van der Waals surface area contributed by atoms with Gasteiger partial charge in [-0.3, -0.25) is 14.4 Å². The molecule has 0 aliphatic rings. The molecule has 0 saturated carbocycles. The lowest BCUT2D eigenvalue weighted by Crippen LogP contribution is -2.30. The Labute approximate surface area is 348 Å². The van der Waals surface area contributed by atoms with E-state index in [1.165, 1.54) is 167 Å². The van der Waals surface area contributed by atoms with Gasteiger partial charge in [0.2, 0.25) is 0 Å². The minimum Gasteiger partial charge on any atom is -0.462 e. The molecular weight excluding hydrogens is 697 g/mol. The molecule has 0 aromatic carbocycles.